The van der Waals surface area contributed by atoms with Gasteiger partial charge in [-0.05, 0) is 18.2 Å². The van der Waals surface area contributed by atoms with Crippen LogP contribution in [0.4, 0.5) is 0 Å². The van der Waals surface area contributed by atoms with Crippen LogP contribution in [-0.4, -0.2) is 23.2 Å². The van der Waals surface area contributed by atoms with Gasteiger partial charge in [0, 0.05) is 17.7 Å². The summed E-state index contributed by atoms with van der Waals surface area (Å²) in [4.78, 5) is 21.3. The van der Waals surface area contributed by atoms with Gasteiger partial charge in [-0.3, -0.25) is 9.59 Å². The molecule has 0 aliphatic rings. The van der Waals surface area contributed by atoms with Crippen LogP contribution < -0.4 is 5.32 Å². The summed E-state index contributed by atoms with van der Waals surface area (Å²) < 4.78 is 0. The van der Waals surface area contributed by atoms with Crippen molar-refractivity contribution in [2.75, 3.05) is 5.88 Å². The van der Waals surface area contributed by atoms with E-state index in [2.05, 4.69) is 5.32 Å². The first-order chi connectivity index (χ1) is 7.17. The highest BCUT2D eigenvalue weighted by molar-refractivity contribution is 6.27. The Labute approximate surface area is 91.9 Å². The van der Waals surface area contributed by atoms with Crippen LogP contribution in [0.2, 0.25) is 0 Å². The number of amides is 1. The zero-order valence-electron chi connectivity index (χ0n) is 7.87. The molecule has 0 heterocycles. The number of hydrogen-bond donors (Lipinski definition) is 2. The van der Waals surface area contributed by atoms with E-state index in [1.807, 2.05) is 0 Å². The Hall–Kier alpha value is -1.55. The number of hydrogen-bond acceptors (Lipinski definition) is 3. The number of halogens is 1. The van der Waals surface area contributed by atoms with E-state index in [0.29, 0.717) is 17.4 Å². The second kappa shape index (κ2) is 5.36. The van der Waals surface area contributed by atoms with Gasteiger partial charge in [0.05, 0.1) is 0 Å². The molecule has 5 heteroatoms. The molecule has 0 radical (unpaired) electrons. The second-order valence-electron chi connectivity index (χ2n) is 2.92. The van der Waals surface area contributed by atoms with E-state index in [9.17, 15) is 14.7 Å². The topological polar surface area (TPSA) is 66.4 Å². The molecule has 15 heavy (non-hydrogen) atoms. The fourth-order valence-corrected chi connectivity index (χ4v) is 1.16. The number of phenols is 1. The van der Waals surface area contributed by atoms with Crippen molar-refractivity contribution in [2.45, 2.75) is 6.54 Å². The van der Waals surface area contributed by atoms with Crippen LogP contribution in [0.15, 0.2) is 18.2 Å². The number of aromatic hydroxyl groups is 1. The summed E-state index contributed by atoms with van der Waals surface area (Å²) in [5.74, 6) is -0.420. The lowest BCUT2D eigenvalue weighted by Gasteiger charge is -2.06. The third kappa shape index (κ3) is 3.25. The molecule has 0 spiro atoms. The Morgan fingerprint density at radius 2 is 2.27 bits per heavy atom. The maximum absolute atomic E-state index is 10.9. The molecule has 1 amide bonds. The maximum Gasteiger partial charge on any atom is 0.235 e. The van der Waals surface area contributed by atoms with E-state index in [4.69, 9.17) is 11.6 Å². The summed E-state index contributed by atoms with van der Waals surface area (Å²) in [7, 11) is 0. The normalized spacial score (nSPS) is 9.67. The number of benzene rings is 1. The Morgan fingerprint density at radius 1 is 1.53 bits per heavy atom. The first-order valence-electron chi connectivity index (χ1n) is 4.27. The minimum atomic E-state index is -0.326. The quantitative estimate of drug-likeness (QED) is 0.597. The van der Waals surface area contributed by atoms with Crippen molar-refractivity contribution in [1.29, 1.82) is 0 Å². The molecular weight excluding hydrogens is 218 g/mol. The van der Waals surface area contributed by atoms with Gasteiger partial charge < -0.3 is 10.4 Å². The fourth-order valence-electron chi connectivity index (χ4n) is 1.06. The van der Waals surface area contributed by atoms with Crippen LogP contribution in [0.5, 0.6) is 5.75 Å². The van der Waals surface area contributed by atoms with Gasteiger partial charge in [-0.25, -0.2) is 0 Å². The highest BCUT2D eigenvalue weighted by Crippen LogP contribution is 2.17. The average molecular weight is 228 g/mol. The summed E-state index contributed by atoms with van der Waals surface area (Å²) in [5.41, 5.74) is 0.931. The van der Waals surface area contributed by atoms with Crippen molar-refractivity contribution in [3.63, 3.8) is 0 Å². The lowest BCUT2D eigenvalue weighted by Crippen LogP contribution is -2.23. The van der Waals surface area contributed by atoms with Gasteiger partial charge in [0.25, 0.3) is 0 Å². The standard InChI is InChI=1S/C10H10ClNO3/c11-4-10(15)12-5-8-3-7(6-13)1-2-9(8)14/h1-3,6,14H,4-5H2,(H,12,15). The molecule has 0 saturated heterocycles. The molecule has 0 aliphatic heterocycles. The number of alkyl halides is 1. The Kier molecular flexibility index (Phi) is 4.12. The van der Waals surface area contributed by atoms with Crippen LogP contribution in [0.3, 0.4) is 0 Å². The number of nitrogens with one attached hydrogen (secondary N) is 1. The third-order valence-corrected chi connectivity index (χ3v) is 2.08. The van der Waals surface area contributed by atoms with Gasteiger partial charge in [0.2, 0.25) is 5.91 Å². The van der Waals surface area contributed by atoms with Gasteiger partial charge in [-0.15, -0.1) is 11.6 Å². The third-order valence-electron chi connectivity index (χ3n) is 1.84. The molecule has 80 valence electrons. The SMILES string of the molecule is O=Cc1ccc(O)c(CNC(=O)CCl)c1. The van der Waals surface area contributed by atoms with Gasteiger partial charge in [-0.2, -0.15) is 0 Å². The van der Waals surface area contributed by atoms with E-state index < -0.39 is 0 Å². The molecule has 0 saturated carbocycles. The van der Waals surface area contributed by atoms with Crippen molar-refractivity contribution < 1.29 is 14.7 Å². The molecule has 1 aromatic carbocycles. The number of carbonyl (C=O) groups is 2. The predicted octanol–water partition coefficient (Wildman–Crippen LogP) is 1.06. The summed E-state index contributed by atoms with van der Waals surface area (Å²) in [6.07, 6.45) is 0.673. The first kappa shape index (κ1) is 11.5. The Bertz CT molecular complexity index is 379. The molecule has 0 bridgehead atoms. The van der Waals surface area contributed by atoms with E-state index >= 15 is 0 Å². The number of phenolic OH excluding ortho intramolecular Hbond substituents is 1. The largest absolute Gasteiger partial charge is 0.508 e. The van der Waals surface area contributed by atoms with Crippen LogP contribution in [-0.2, 0) is 11.3 Å². The Morgan fingerprint density at radius 3 is 2.87 bits per heavy atom. The smallest absolute Gasteiger partial charge is 0.235 e. The highest BCUT2D eigenvalue weighted by Gasteiger charge is 2.04. The van der Waals surface area contributed by atoms with Crippen molar-refractivity contribution in [1.82, 2.24) is 5.32 Å². The first-order valence-corrected chi connectivity index (χ1v) is 4.80. The van der Waals surface area contributed by atoms with Gasteiger partial charge in [0.15, 0.2) is 0 Å². The van der Waals surface area contributed by atoms with E-state index in [-0.39, 0.29) is 24.1 Å². The zero-order valence-corrected chi connectivity index (χ0v) is 8.62. The summed E-state index contributed by atoms with van der Waals surface area (Å²) in [6.45, 7) is 0.152. The molecule has 1 aromatic rings. The number of aldehydes is 1. The number of rotatable bonds is 4. The lowest BCUT2D eigenvalue weighted by atomic mass is 10.1. The van der Waals surface area contributed by atoms with Crippen molar-refractivity contribution in [2.24, 2.45) is 0 Å². The van der Waals surface area contributed by atoms with E-state index in [1.54, 1.807) is 0 Å². The lowest BCUT2D eigenvalue weighted by molar-refractivity contribution is -0.118. The molecule has 0 aromatic heterocycles. The van der Waals surface area contributed by atoms with Crippen LogP contribution >= 0.6 is 11.6 Å². The second-order valence-corrected chi connectivity index (χ2v) is 3.18. The molecular formula is C10H10ClNO3. The van der Waals surface area contributed by atoms with E-state index in [0.717, 1.165) is 0 Å². The fraction of sp³-hybridized carbons (Fsp3) is 0.200. The minimum absolute atomic E-state index is 0.0375. The average Bonchev–Trinajstić information content (AvgIpc) is 2.27. The Balaban J connectivity index is 2.75. The number of carbonyl (C=O) groups excluding carboxylic acids is 2. The van der Waals surface area contributed by atoms with Crippen molar-refractivity contribution in [3.8, 4) is 5.75 Å². The van der Waals surface area contributed by atoms with E-state index in [1.165, 1.54) is 18.2 Å². The summed E-state index contributed by atoms with van der Waals surface area (Å²) in [6, 6.07) is 4.41. The molecule has 0 atom stereocenters. The molecule has 0 unspecified atom stereocenters. The minimum Gasteiger partial charge on any atom is -0.508 e. The van der Waals surface area contributed by atoms with Gasteiger partial charge in [-0.1, -0.05) is 0 Å². The highest BCUT2D eigenvalue weighted by atomic mass is 35.5. The molecule has 1 rings (SSSR count). The summed E-state index contributed by atoms with van der Waals surface area (Å²) >= 11 is 5.29. The zero-order chi connectivity index (χ0) is 11.3. The summed E-state index contributed by atoms with van der Waals surface area (Å²) in [5, 5.41) is 11.9. The molecule has 2 N–H and O–H groups in total. The van der Waals surface area contributed by atoms with Gasteiger partial charge in [0.1, 0.15) is 17.9 Å². The van der Waals surface area contributed by atoms with Crippen LogP contribution in [0, 0.1) is 0 Å². The van der Waals surface area contributed by atoms with Crippen molar-refractivity contribution >= 4 is 23.8 Å². The molecule has 4 nitrogen and oxygen atoms in total. The predicted molar refractivity (Wildman–Crippen MR) is 56.1 cm³/mol. The van der Waals surface area contributed by atoms with Crippen LogP contribution in [0.1, 0.15) is 15.9 Å². The van der Waals surface area contributed by atoms with Crippen molar-refractivity contribution in [3.05, 3.63) is 29.3 Å². The molecule has 0 fully saturated rings. The maximum atomic E-state index is 10.9. The van der Waals surface area contributed by atoms with Crippen LogP contribution in [0.25, 0.3) is 0 Å². The van der Waals surface area contributed by atoms with Gasteiger partial charge >= 0.3 is 0 Å². The molecule has 0 aliphatic carbocycles. The monoisotopic (exact) mass is 227 g/mol.